The van der Waals surface area contributed by atoms with Crippen LogP contribution in [-0.2, 0) is 6.42 Å². The van der Waals surface area contributed by atoms with Crippen LogP contribution in [0.3, 0.4) is 0 Å². The molecule has 0 amide bonds. The maximum absolute atomic E-state index is 6.19. The Morgan fingerprint density at radius 3 is 1.84 bits per heavy atom. The fourth-order valence-electron chi connectivity index (χ4n) is 9.38. The topological polar surface area (TPSA) is 23.0 Å². The third-order valence-corrected chi connectivity index (χ3v) is 12.0. The highest BCUT2D eigenvalue weighted by molar-refractivity contribution is 6.11. The molecule has 1 aliphatic rings. The van der Waals surface area contributed by atoms with Gasteiger partial charge < -0.3 is 13.6 Å². The lowest BCUT2D eigenvalue weighted by Crippen LogP contribution is -2.05. The smallest absolute Gasteiger partial charge is 0.135 e. The van der Waals surface area contributed by atoms with Crippen LogP contribution < -0.4 is 0 Å². The van der Waals surface area contributed by atoms with Gasteiger partial charge in [-0.1, -0.05) is 121 Å². The molecule has 0 fully saturated rings. The second kappa shape index (κ2) is 12.6. The van der Waals surface area contributed by atoms with Crippen LogP contribution in [0, 0.1) is 0 Å². The normalized spacial score (nSPS) is 12.9. The molecule has 0 unspecified atom stereocenters. The number of rotatable bonds is 5. The van der Waals surface area contributed by atoms with Crippen LogP contribution in [0.25, 0.3) is 99.9 Å². The summed E-state index contributed by atoms with van der Waals surface area (Å²) in [5.74, 6) is 0. The average molecular weight is 729 g/mol. The van der Waals surface area contributed by atoms with E-state index in [4.69, 9.17) is 4.42 Å². The Hall–Kier alpha value is -7.36. The lowest BCUT2D eigenvalue weighted by atomic mass is 9.90. The lowest BCUT2D eigenvalue weighted by molar-refractivity contribution is 0.669. The molecule has 0 atom stereocenters. The quantitative estimate of drug-likeness (QED) is 0.173. The molecule has 8 aromatic carbocycles. The highest BCUT2D eigenvalue weighted by Crippen LogP contribution is 2.42. The Morgan fingerprint density at radius 1 is 0.351 bits per heavy atom. The number of hydrogen-bond acceptors (Lipinski definition) is 1. The zero-order valence-corrected chi connectivity index (χ0v) is 31.2. The van der Waals surface area contributed by atoms with E-state index in [1.165, 1.54) is 83.0 Å². The van der Waals surface area contributed by atoms with E-state index in [2.05, 4.69) is 191 Å². The number of aromatic nitrogens is 2. The van der Waals surface area contributed by atoms with E-state index < -0.39 is 0 Å². The van der Waals surface area contributed by atoms with Gasteiger partial charge in [0.1, 0.15) is 11.2 Å². The van der Waals surface area contributed by atoms with Crippen molar-refractivity contribution in [2.24, 2.45) is 0 Å². The van der Waals surface area contributed by atoms with E-state index in [-0.39, 0.29) is 0 Å². The monoisotopic (exact) mass is 728 g/mol. The molecule has 3 nitrogen and oxygen atoms in total. The van der Waals surface area contributed by atoms with Gasteiger partial charge in [-0.15, -0.1) is 0 Å². The summed E-state index contributed by atoms with van der Waals surface area (Å²) in [5, 5.41) is 6.13. The van der Waals surface area contributed by atoms with Crippen LogP contribution in [0.15, 0.2) is 192 Å². The Morgan fingerprint density at radius 2 is 0.982 bits per heavy atom. The summed E-state index contributed by atoms with van der Waals surface area (Å²) in [5.41, 5.74) is 18.0. The van der Waals surface area contributed by atoms with Gasteiger partial charge in [-0.25, -0.2) is 0 Å². The first-order chi connectivity index (χ1) is 28.2. The van der Waals surface area contributed by atoms with Crippen LogP contribution in [0.2, 0.25) is 0 Å². The van der Waals surface area contributed by atoms with Gasteiger partial charge in [0.25, 0.3) is 0 Å². The van der Waals surface area contributed by atoms with Crippen molar-refractivity contribution in [3.8, 4) is 33.6 Å². The first-order valence-corrected chi connectivity index (χ1v) is 19.8. The van der Waals surface area contributed by atoms with Gasteiger partial charge in [0.05, 0.1) is 16.6 Å². The van der Waals surface area contributed by atoms with Crippen molar-refractivity contribution in [3.05, 3.63) is 205 Å². The van der Waals surface area contributed by atoms with Crippen LogP contribution in [0.5, 0.6) is 0 Å². The van der Waals surface area contributed by atoms with E-state index in [0.29, 0.717) is 0 Å². The van der Waals surface area contributed by atoms with Crippen molar-refractivity contribution in [1.29, 1.82) is 0 Å². The molecule has 0 spiro atoms. The molecule has 0 radical (unpaired) electrons. The molecular weight excluding hydrogens is 693 g/mol. The van der Waals surface area contributed by atoms with Gasteiger partial charge in [-0.3, -0.25) is 0 Å². The van der Waals surface area contributed by atoms with Gasteiger partial charge in [0, 0.05) is 49.6 Å². The molecule has 3 heteroatoms. The summed E-state index contributed by atoms with van der Waals surface area (Å²) in [4.78, 5) is 0. The van der Waals surface area contributed by atoms with Crippen molar-refractivity contribution in [2.45, 2.75) is 12.8 Å². The number of para-hydroxylation sites is 3. The third-order valence-electron chi connectivity index (χ3n) is 12.0. The van der Waals surface area contributed by atoms with E-state index in [0.717, 1.165) is 40.5 Å². The van der Waals surface area contributed by atoms with Gasteiger partial charge in [0.15, 0.2) is 0 Å². The number of furan rings is 1. The van der Waals surface area contributed by atoms with Crippen LogP contribution >= 0.6 is 0 Å². The molecular formula is C54H36N2O. The summed E-state index contributed by atoms with van der Waals surface area (Å²) in [6.45, 7) is 0. The van der Waals surface area contributed by atoms with Crippen molar-refractivity contribution >= 4 is 66.3 Å². The SMILES string of the molecule is C1=C(c2ccc3c(c2)c2ccccc2n3-c2cccc(-c3cccc(-c4ccccc4)c3)c2)CCc2c1c1ccccc1n2-c1ccc2oc3ccccc3c2c1. The van der Waals surface area contributed by atoms with Gasteiger partial charge >= 0.3 is 0 Å². The average Bonchev–Trinajstić information content (AvgIpc) is 3.94. The Bertz CT molecular complexity index is 3410. The van der Waals surface area contributed by atoms with E-state index in [1.807, 2.05) is 12.1 Å². The summed E-state index contributed by atoms with van der Waals surface area (Å²) in [6, 6.07) is 68.2. The zero-order valence-electron chi connectivity index (χ0n) is 31.2. The molecule has 1 aliphatic carbocycles. The van der Waals surface area contributed by atoms with E-state index in [9.17, 15) is 0 Å². The molecule has 0 saturated carbocycles. The summed E-state index contributed by atoms with van der Waals surface area (Å²) >= 11 is 0. The minimum absolute atomic E-state index is 0.922. The maximum Gasteiger partial charge on any atom is 0.135 e. The second-order valence-corrected chi connectivity index (χ2v) is 15.2. The first-order valence-electron chi connectivity index (χ1n) is 19.8. The van der Waals surface area contributed by atoms with Crippen molar-refractivity contribution in [1.82, 2.24) is 9.13 Å². The predicted molar refractivity (Wildman–Crippen MR) is 238 cm³/mol. The minimum Gasteiger partial charge on any atom is -0.456 e. The molecule has 0 bridgehead atoms. The summed E-state index contributed by atoms with van der Waals surface area (Å²) in [7, 11) is 0. The lowest BCUT2D eigenvalue weighted by Gasteiger charge is -2.18. The Balaban J connectivity index is 0.962. The Kier molecular flexibility index (Phi) is 7.05. The third kappa shape index (κ3) is 5.06. The molecule has 57 heavy (non-hydrogen) atoms. The summed E-state index contributed by atoms with van der Waals surface area (Å²) < 4.78 is 11.1. The van der Waals surface area contributed by atoms with Crippen molar-refractivity contribution < 1.29 is 4.42 Å². The molecule has 0 N–H and O–H groups in total. The van der Waals surface area contributed by atoms with E-state index >= 15 is 0 Å². The highest BCUT2D eigenvalue weighted by Gasteiger charge is 2.23. The molecule has 12 rings (SSSR count). The Labute approximate surface area is 330 Å². The second-order valence-electron chi connectivity index (χ2n) is 15.2. The molecule has 11 aromatic rings. The van der Waals surface area contributed by atoms with Gasteiger partial charge in [0.2, 0.25) is 0 Å². The number of nitrogens with zero attached hydrogens (tertiary/aromatic N) is 2. The van der Waals surface area contributed by atoms with Gasteiger partial charge in [-0.05, 0) is 119 Å². The fourth-order valence-corrected chi connectivity index (χ4v) is 9.38. The number of hydrogen-bond donors (Lipinski definition) is 0. The van der Waals surface area contributed by atoms with E-state index in [1.54, 1.807) is 0 Å². The highest BCUT2D eigenvalue weighted by atomic mass is 16.3. The minimum atomic E-state index is 0.922. The predicted octanol–water partition coefficient (Wildman–Crippen LogP) is 14.4. The number of fused-ring (bicyclic) bond motifs is 9. The molecule has 0 aliphatic heterocycles. The van der Waals surface area contributed by atoms with Crippen LogP contribution in [0.4, 0.5) is 0 Å². The molecule has 0 saturated heterocycles. The molecule has 268 valence electrons. The molecule has 3 heterocycles. The maximum atomic E-state index is 6.19. The van der Waals surface area contributed by atoms with Crippen LogP contribution in [0.1, 0.15) is 23.2 Å². The van der Waals surface area contributed by atoms with Crippen LogP contribution in [-0.4, -0.2) is 9.13 Å². The van der Waals surface area contributed by atoms with Crippen molar-refractivity contribution in [2.75, 3.05) is 0 Å². The summed E-state index contributed by atoms with van der Waals surface area (Å²) in [6.07, 6.45) is 4.38. The molecule has 3 aromatic heterocycles. The first kappa shape index (κ1) is 31.9. The standard InChI is InChI=1S/C54H36N2O/c1-2-12-35(13-3-1)36-14-10-15-37(30-36)38-16-11-17-41(31-38)55-49-21-7-4-18-43(49)46-32-39(24-27-51(46)55)40-25-28-52-47(33-40)44-19-5-8-22-50(44)56(52)42-26-29-54-48(34-42)45-20-6-9-23-53(45)57-54/h1-24,26-27,29-34H,25,28H2. The zero-order chi connectivity index (χ0) is 37.5. The number of benzene rings is 8. The van der Waals surface area contributed by atoms with Crippen molar-refractivity contribution in [3.63, 3.8) is 0 Å². The number of allylic oxidation sites excluding steroid dienone is 1. The van der Waals surface area contributed by atoms with Gasteiger partial charge in [-0.2, -0.15) is 0 Å². The largest absolute Gasteiger partial charge is 0.456 e. The fraction of sp³-hybridized carbons (Fsp3) is 0.0370.